The van der Waals surface area contributed by atoms with Crippen LogP contribution in [0.3, 0.4) is 0 Å². The van der Waals surface area contributed by atoms with Crippen LogP contribution in [0.4, 0.5) is 11.7 Å². The number of rotatable bonds is 7. The predicted molar refractivity (Wildman–Crippen MR) is 129 cm³/mol. The minimum Gasteiger partial charge on any atom is -0.504 e. The third-order valence-corrected chi connectivity index (χ3v) is 4.87. The van der Waals surface area contributed by atoms with Crippen LogP contribution in [0.2, 0.25) is 0 Å². The van der Waals surface area contributed by atoms with E-state index in [-0.39, 0.29) is 29.6 Å². The van der Waals surface area contributed by atoms with Gasteiger partial charge in [-0.15, -0.1) is 0 Å². The Labute approximate surface area is 202 Å². The largest absolute Gasteiger partial charge is 0.504 e. The average Bonchev–Trinajstić information content (AvgIpc) is 3.35. The number of anilines is 1. The molecular formula is C23H29N5O7. The van der Waals surface area contributed by atoms with Crippen molar-refractivity contribution in [1.29, 1.82) is 0 Å². The number of morpholine rings is 1. The summed E-state index contributed by atoms with van der Waals surface area (Å²) >= 11 is 0. The minimum atomic E-state index is -0.833. The summed E-state index contributed by atoms with van der Waals surface area (Å²) in [7, 11) is 3.77. The summed E-state index contributed by atoms with van der Waals surface area (Å²) in [5.74, 6) is -0.930. The number of ether oxygens (including phenoxy) is 2. The van der Waals surface area contributed by atoms with E-state index in [2.05, 4.69) is 15.4 Å². The normalized spacial score (nSPS) is 16.1. The van der Waals surface area contributed by atoms with E-state index in [1.54, 1.807) is 18.5 Å². The Balaban J connectivity index is 0.000000795. The number of nitrogens with zero attached hydrogens (tertiary/aromatic N) is 4. The molecule has 2 aliphatic rings. The van der Waals surface area contributed by atoms with Gasteiger partial charge >= 0.3 is 5.97 Å². The molecular weight excluding hydrogens is 458 g/mol. The van der Waals surface area contributed by atoms with Crippen LogP contribution in [-0.4, -0.2) is 96.8 Å². The number of hydrogen-bond donors (Lipinski definition) is 3. The first-order valence-corrected chi connectivity index (χ1v) is 10.9. The highest BCUT2D eigenvalue weighted by Crippen LogP contribution is 2.38. The molecule has 0 unspecified atom stereocenters. The number of hydrazine groups is 1. The summed E-state index contributed by atoms with van der Waals surface area (Å²) < 4.78 is 16.6. The number of aromatic hydroxyl groups is 1. The van der Waals surface area contributed by atoms with Crippen LogP contribution in [0.5, 0.6) is 5.75 Å². The Hall–Kier alpha value is -3.74. The molecule has 0 radical (unpaired) electrons. The zero-order valence-electron chi connectivity index (χ0n) is 19.9. The third-order valence-electron chi connectivity index (χ3n) is 4.87. The number of likely N-dealkylation sites (N-methyl/N-ethyl adjacent to an activating group) is 1. The van der Waals surface area contributed by atoms with Gasteiger partial charge in [0, 0.05) is 50.1 Å². The molecule has 0 aromatic carbocycles. The third kappa shape index (κ3) is 7.12. The van der Waals surface area contributed by atoms with E-state index in [9.17, 15) is 9.90 Å². The summed E-state index contributed by atoms with van der Waals surface area (Å²) in [6.45, 7) is 4.17. The van der Waals surface area contributed by atoms with Gasteiger partial charge in [-0.05, 0) is 32.3 Å². The number of carbonyl (C=O) groups is 2. The van der Waals surface area contributed by atoms with Crippen molar-refractivity contribution in [3.63, 3.8) is 0 Å². The maximum Gasteiger partial charge on any atom is 0.347 e. The van der Waals surface area contributed by atoms with E-state index in [1.165, 1.54) is 0 Å². The fourth-order valence-electron chi connectivity index (χ4n) is 3.20. The quantitative estimate of drug-likeness (QED) is 0.493. The molecule has 0 bridgehead atoms. The maximum absolute atomic E-state index is 12.8. The van der Waals surface area contributed by atoms with Crippen LogP contribution in [0, 0.1) is 0 Å². The van der Waals surface area contributed by atoms with Crippen molar-refractivity contribution < 1.29 is 33.7 Å². The van der Waals surface area contributed by atoms with Crippen molar-refractivity contribution in [2.24, 2.45) is 4.99 Å². The fourth-order valence-corrected chi connectivity index (χ4v) is 3.20. The molecule has 0 saturated carbocycles. The molecule has 3 N–H and O–H groups in total. The highest BCUT2D eigenvalue weighted by Gasteiger charge is 2.28. The van der Waals surface area contributed by atoms with E-state index in [4.69, 9.17) is 23.8 Å². The minimum absolute atomic E-state index is 0.0431. The van der Waals surface area contributed by atoms with Gasteiger partial charge in [-0.25, -0.2) is 19.8 Å². The van der Waals surface area contributed by atoms with E-state index in [0.29, 0.717) is 38.7 Å². The van der Waals surface area contributed by atoms with E-state index < -0.39 is 11.9 Å². The van der Waals surface area contributed by atoms with Crippen LogP contribution in [-0.2, 0) is 14.3 Å². The van der Waals surface area contributed by atoms with Crippen LogP contribution in [0.25, 0.3) is 11.6 Å². The van der Waals surface area contributed by atoms with Gasteiger partial charge in [0.05, 0.1) is 13.2 Å². The van der Waals surface area contributed by atoms with E-state index >= 15 is 0 Å². The molecule has 2 aromatic rings. The molecule has 0 amide bonds. The van der Waals surface area contributed by atoms with Crippen molar-refractivity contribution in [3.05, 3.63) is 35.2 Å². The number of aliphatic carboxylic acids is 1. The molecule has 188 valence electrons. The van der Waals surface area contributed by atoms with Gasteiger partial charge in [-0.1, -0.05) is 0 Å². The number of hydrogen-bond acceptors (Lipinski definition) is 11. The van der Waals surface area contributed by atoms with Crippen LogP contribution >= 0.6 is 0 Å². The standard InChI is InChI=1S/C21H25N5O5.C2H4O2/c1-25(2)6-11-30-21(28)17-18(27)16(31-20(17)24-26-7-9-29-10-8-26)12-14-13-23-19-15(14)4-3-5-22-19;1-2(3)4/h3-5,12-13,24,27H,6-11H2,1-2H3;1H3,(H,3,4). The first-order valence-electron chi connectivity index (χ1n) is 10.9. The Morgan fingerprint density at radius 1 is 1.31 bits per heavy atom. The number of aliphatic imine (C=N–C) groups is 1. The zero-order chi connectivity index (χ0) is 25.4. The highest BCUT2D eigenvalue weighted by molar-refractivity contribution is 6.21. The number of nitrogens with one attached hydrogen (secondary N) is 1. The number of carboxylic acids is 1. The van der Waals surface area contributed by atoms with Crippen molar-refractivity contribution in [3.8, 4) is 5.75 Å². The molecule has 2 aliphatic heterocycles. The van der Waals surface area contributed by atoms with E-state index in [0.717, 1.165) is 18.1 Å². The molecule has 12 heteroatoms. The second-order valence-electron chi connectivity index (χ2n) is 7.92. The molecule has 0 spiro atoms. The summed E-state index contributed by atoms with van der Waals surface area (Å²) in [5, 5.41) is 20.1. The van der Waals surface area contributed by atoms with Crippen LogP contribution < -0.4 is 5.43 Å². The zero-order valence-corrected chi connectivity index (χ0v) is 19.9. The molecule has 0 aliphatic carbocycles. The van der Waals surface area contributed by atoms with Gasteiger partial charge < -0.3 is 29.0 Å². The molecule has 2 aromatic heterocycles. The van der Waals surface area contributed by atoms with Gasteiger partial charge in [0.15, 0.2) is 22.9 Å². The van der Waals surface area contributed by atoms with Crippen molar-refractivity contribution >= 4 is 41.5 Å². The number of esters is 1. The lowest BCUT2D eigenvalue weighted by molar-refractivity contribution is -0.134. The number of allylic oxidation sites excluding steroid dienone is 1. The van der Waals surface area contributed by atoms with Gasteiger partial charge in [0.2, 0.25) is 5.88 Å². The predicted octanol–water partition coefficient (Wildman–Crippen LogP) is 2.11. The number of furan rings is 1. The second kappa shape index (κ2) is 12.1. The SMILES string of the molecule is CC(=O)O.CN(C)CCOC(=O)c1c(NN2CCOCC2)oc(C=C2C=Nc3ncccc32)c1O. The molecule has 1 saturated heterocycles. The fraction of sp³-hybridized carbons (Fsp3) is 0.391. The number of carboxylic acid groups (broad SMARTS) is 1. The Kier molecular flexibility index (Phi) is 8.95. The second-order valence-corrected chi connectivity index (χ2v) is 7.92. The van der Waals surface area contributed by atoms with Gasteiger partial charge in [0.1, 0.15) is 6.61 Å². The number of carbonyl (C=O) groups excluding carboxylic acids is 1. The monoisotopic (exact) mass is 487 g/mol. The topological polar surface area (TPSA) is 150 Å². The maximum atomic E-state index is 12.8. The molecule has 4 rings (SSSR count). The molecule has 35 heavy (non-hydrogen) atoms. The summed E-state index contributed by atoms with van der Waals surface area (Å²) in [5.41, 5.74) is 4.57. The average molecular weight is 488 g/mol. The van der Waals surface area contributed by atoms with Gasteiger partial charge in [-0.2, -0.15) is 0 Å². The summed E-state index contributed by atoms with van der Waals surface area (Å²) in [4.78, 5) is 32.1. The highest BCUT2D eigenvalue weighted by atomic mass is 16.5. The van der Waals surface area contributed by atoms with Crippen molar-refractivity contribution in [2.45, 2.75) is 6.92 Å². The smallest absolute Gasteiger partial charge is 0.347 e. The molecule has 1 fully saturated rings. The number of aromatic nitrogens is 1. The van der Waals surface area contributed by atoms with Crippen molar-refractivity contribution in [1.82, 2.24) is 14.9 Å². The Bertz CT molecular complexity index is 1100. The Morgan fingerprint density at radius 2 is 2.03 bits per heavy atom. The first-order chi connectivity index (χ1) is 16.8. The van der Waals surface area contributed by atoms with Gasteiger partial charge in [-0.3, -0.25) is 10.2 Å². The van der Waals surface area contributed by atoms with Gasteiger partial charge in [0.25, 0.3) is 5.97 Å². The molecule has 0 atom stereocenters. The van der Waals surface area contributed by atoms with Crippen LogP contribution in [0.15, 0.2) is 27.7 Å². The van der Waals surface area contributed by atoms with E-state index in [1.807, 2.05) is 36.1 Å². The Morgan fingerprint density at radius 3 is 2.71 bits per heavy atom. The number of fused-ring (bicyclic) bond motifs is 1. The first kappa shape index (κ1) is 25.9. The summed E-state index contributed by atoms with van der Waals surface area (Å²) in [6, 6.07) is 3.69. The lowest BCUT2D eigenvalue weighted by atomic mass is 10.1. The number of pyridine rings is 1. The van der Waals surface area contributed by atoms with Crippen LogP contribution in [0.1, 0.15) is 28.6 Å². The molecule has 12 nitrogen and oxygen atoms in total. The lowest BCUT2D eigenvalue weighted by Crippen LogP contribution is -2.40. The van der Waals surface area contributed by atoms with Crippen molar-refractivity contribution in [2.75, 3.05) is 59.0 Å². The lowest BCUT2D eigenvalue weighted by Gasteiger charge is -2.26. The summed E-state index contributed by atoms with van der Waals surface area (Å²) in [6.07, 6.45) is 4.94. The molecule has 4 heterocycles.